The Morgan fingerprint density at radius 2 is 2.40 bits per heavy atom. The molecule has 1 unspecified atom stereocenters. The number of nitrogens with one attached hydrogen (secondary N) is 1. The van der Waals surface area contributed by atoms with Crippen molar-refractivity contribution in [3.63, 3.8) is 0 Å². The van der Waals surface area contributed by atoms with E-state index in [-0.39, 0.29) is 0 Å². The van der Waals surface area contributed by atoms with Crippen LogP contribution in [0.25, 0.3) is 0 Å². The van der Waals surface area contributed by atoms with Crippen molar-refractivity contribution in [3.8, 4) is 0 Å². The zero-order valence-corrected chi connectivity index (χ0v) is 10.2. The van der Waals surface area contributed by atoms with Gasteiger partial charge in [0.1, 0.15) is 5.82 Å². The van der Waals surface area contributed by atoms with Crippen LogP contribution in [0, 0.1) is 0 Å². The van der Waals surface area contributed by atoms with E-state index >= 15 is 0 Å². The van der Waals surface area contributed by atoms with Crippen LogP contribution < -0.4 is 5.32 Å². The first kappa shape index (κ1) is 11.0. The van der Waals surface area contributed by atoms with E-state index in [1.54, 1.807) is 11.8 Å². The summed E-state index contributed by atoms with van der Waals surface area (Å²) in [6.07, 6.45) is 4.54. The maximum Gasteiger partial charge on any atom is 0.190 e. The third-order valence-corrected chi connectivity index (χ3v) is 3.57. The molecule has 1 aliphatic rings. The lowest BCUT2D eigenvalue weighted by atomic mass is 9.99. The summed E-state index contributed by atoms with van der Waals surface area (Å²) in [7, 11) is 0. The molecule has 1 atom stereocenters. The summed E-state index contributed by atoms with van der Waals surface area (Å²) in [6.45, 7) is 5.32. The molecule has 15 heavy (non-hydrogen) atoms. The Bertz CT molecular complexity index is 317. The predicted molar refractivity (Wildman–Crippen MR) is 62.3 cm³/mol. The van der Waals surface area contributed by atoms with E-state index in [0.29, 0.717) is 5.92 Å². The molecule has 0 amide bonds. The Morgan fingerprint density at radius 1 is 1.53 bits per heavy atom. The molecule has 1 aromatic heterocycles. The predicted octanol–water partition coefficient (Wildman–Crippen LogP) is 1.49. The van der Waals surface area contributed by atoms with Gasteiger partial charge in [0.2, 0.25) is 0 Å². The Labute approximate surface area is 94.8 Å². The van der Waals surface area contributed by atoms with Crippen LogP contribution >= 0.6 is 11.8 Å². The third kappa shape index (κ3) is 2.18. The first-order valence-electron chi connectivity index (χ1n) is 5.54. The monoisotopic (exact) mass is 226 g/mol. The number of hydrogen-bond donors (Lipinski definition) is 1. The second-order valence-electron chi connectivity index (χ2n) is 3.83. The molecule has 1 N–H and O–H groups in total. The molecule has 4 nitrogen and oxygen atoms in total. The molecule has 0 saturated carbocycles. The van der Waals surface area contributed by atoms with Crippen molar-refractivity contribution in [1.82, 2.24) is 20.1 Å². The first-order chi connectivity index (χ1) is 7.36. The Hall–Kier alpha value is -0.550. The van der Waals surface area contributed by atoms with E-state index in [9.17, 15) is 0 Å². The lowest BCUT2D eigenvalue weighted by Gasteiger charge is -2.22. The van der Waals surface area contributed by atoms with Gasteiger partial charge in [0.05, 0.1) is 0 Å². The summed E-state index contributed by atoms with van der Waals surface area (Å²) in [5.41, 5.74) is 0. The second-order valence-corrected chi connectivity index (χ2v) is 4.61. The van der Waals surface area contributed by atoms with Gasteiger partial charge >= 0.3 is 0 Å². The maximum atomic E-state index is 4.33. The summed E-state index contributed by atoms with van der Waals surface area (Å²) in [5.74, 6) is 1.71. The van der Waals surface area contributed by atoms with Crippen LogP contribution in [0.5, 0.6) is 0 Å². The first-order valence-corrected chi connectivity index (χ1v) is 6.77. The lowest BCUT2D eigenvalue weighted by molar-refractivity contribution is 0.430. The number of nitrogens with zero attached hydrogens (tertiary/aromatic N) is 3. The van der Waals surface area contributed by atoms with E-state index in [1.807, 2.05) is 0 Å². The van der Waals surface area contributed by atoms with Gasteiger partial charge in [-0.05, 0) is 32.6 Å². The molecule has 0 aliphatic carbocycles. The van der Waals surface area contributed by atoms with Crippen LogP contribution in [0.2, 0.25) is 0 Å². The van der Waals surface area contributed by atoms with Gasteiger partial charge in [-0.25, -0.2) is 0 Å². The van der Waals surface area contributed by atoms with E-state index in [0.717, 1.165) is 30.6 Å². The zero-order valence-electron chi connectivity index (χ0n) is 9.36. The van der Waals surface area contributed by atoms with Crippen molar-refractivity contribution in [2.45, 2.75) is 37.4 Å². The molecule has 2 rings (SSSR count). The average molecular weight is 226 g/mol. The molecule has 1 saturated heterocycles. The largest absolute Gasteiger partial charge is 0.316 e. The molecule has 0 bridgehead atoms. The van der Waals surface area contributed by atoms with Crippen molar-refractivity contribution in [1.29, 1.82) is 0 Å². The van der Waals surface area contributed by atoms with Gasteiger partial charge in [-0.15, -0.1) is 10.2 Å². The van der Waals surface area contributed by atoms with Crippen molar-refractivity contribution in [2.24, 2.45) is 0 Å². The van der Waals surface area contributed by atoms with Crippen LogP contribution in [0.3, 0.4) is 0 Å². The van der Waals surface area contributed by atoms with Gasteiger partial charge in [-0.1, -0.05) is 11.8 Å². The molecule has 1 aromatic rings. The SMILES string of the molecule is CCn1c(SC)nnc1C1CCCNC1. The molecule has 84 valence electrons. The summed E-state index contributed by atoms with van der Waals surface area (Å²) < 4.78 is 2.24. The third-order valence-electron chi connectivity index (χ3n) is 2.91. The smallest absolute Gasteiger partial charge is 0.190 e. The van der Waals surface area contributed by atoms with Gasteiger partial charge < -0.3 is 9.88 Å². The van der Waals surface area contributed by atoms with E-state index in [1.165, 1.54) is 12.8 Å². The van der Waals surface area contributed by atoms with E-state index < -0.39 is 0 Å². The topological polar surface area (TPSA) is 42.7 Å². The highest BCUT2D eigenvalue weighted by atomic mass is 32.2. The van der Waals surface area contributed by atoms with Crippen LogP contribution in [0.4, 0.5) is 0 Å². The Kier molecular flexibility index (Phi) is 3.64. The van der Waals surface area contributed by atoms with Crippen LogP contribution in [-0.2, 0) is 6.54 Å². The molecule has 0 aromatic carbocycles. The summed E-state index contributed by atoms with van der Waals surface area (Å²) in [6, 6.07) is 0. The van der Waals surface area contributed by atoms with Gasteiger partial charge in [0.25, 0.3) is 0 Å². The molecule has 5 heteroatoms. The van der Waals surface area contributed by atoms with Crippen molar-refractivity contribution >= 4 is 11.8 Å². The fourth-order valence-electron chi connectivity index (χ4n) is 2.12. The van der Waals surface area contributed by atoms with Gasteiger partial charge in [0.15, 0.2) is 5.16 Å². The molecular weight excluding hydrogens is 208 g/mol. The summed E-state index contributed by atoms with van der Waals surface area (Å²) in [5, 5.41) is 13.0. The molecule has 1 aliphatic heterocycles. The standard InChI is InChI=1S/C10H18N4S/c1-3-14-9(12-13-10(14)15-2)8-5-4-6-11-7-8/h8,11H,3-7H2,1-2H3. The second kappa shape index (κ2) is 4.99. The maximum absolute atomic E-state index is 4.33. The van der Waals surface area contributed by atoms with Crippen LogP contribution in [0.15, 0.2) is 5.16 Å². The van der Waals surface area contributed by atoms with Gasteiger partial charge in [-0.3, -0.25) is 0 Å². The Balaban J connectivity index is 2.22. The van der Waals surface area contributed by atoms with Crippen molar-refractivity contribution < 1.29 is 0 Å². The zero-order chi connectivity index (χ0) is 10.7. The van der Waals surface area contributed by atoms with Gasteiger partial charge in [0, 0.05) is 19.0 Å². The summed E-state index contributed by atoms with van der Waals surface area (Å²) in [4.78, 5) is 0. The van der Waals surface area contributed by atoms with Crippen molar-refractivity contribution in [3.05, 3.63) is 5.82 Å². The van der Waals surface area contributed by atoms with Crippen LogP contribution in [-0.4, -0.2) is 34.1 Å². The molecule has 2 heterocycles. The highest BCUT2D eigenvalue weighted by Gasteiger charge is 2.21. The highest BCUT2D eigenvalue weighted by molar-refractivity contribution is 7.98. The minimum atomic E-state index is 0.548. The van der Waals surface area contributed by atoms with E-state index in [2.05, 4.69) is 33.3 Å². The molecule has 1 fully saturated rings. The number of aromatic nitrogens is 3. The van der Waals surface area contributed by atoms with Crippen molar-refractivity contribution in [2.75, 3.05) is 19.3 Å². The Morgan fingerprint density at radius 3 is 3.00 bits per heavy atom. The highest BCUT2D eigenvalue weighted by Crippen LogP contribution is 2.24. The number of thioether (sulfide) groups is 1. The molecule has 0 spiro atoms. The fraction of sp³-hybridized carbons (Fsp3) is 0.800. The number of rotatable bonds is 3. The van der Waals surface area contributed by atoms with Gasteiger partial charge in [-0.2, -0.15) is 0 Å². The molecule has 0 radical (unpaired) electrons. The average Bonchev–Trinajstić information content (AvgIpc) is 2.72. The number of piperidine rings is 1. The summed E-state index contributed by atoms with van der Waals surface area (Å²) >= 11 is 1.67. The minimum absolute atomic E-state index is 0.548. The minimum Gasteiger partial charge on any atom is -0.316 e. The number of hydrogen-bond acceptors (Lipinski definition) is 4. The van der Waals surface area contributed by atoms with E-state index in [4.69, 9.17) is 0 Å². The fourth-order valence-corrected chi connectivity index (χ4v) is 2.69. The normalized spacial score (nSPS) is 21.9. The quantitative estimate of drug-likeness (QED) is 0.793. The molecular formula is C10H18N4S. The lowest BCUT2D eigenvalue weighted by Crippen LogP contribution is -2.30. The van der Waals surface area contributed by atoms with Crippen LogP contribution in [0.1, 0.15) is 31.5 Å².